The number of benzene rings is 2. The number of hydrogen-bond donors (Lipinski definition) is 2. The van der Waals surface area contributed by atoms with E-state index in [0.29, 0.717) is 17.0 Å². The van der Waals surface area contributed by atoms with E-state index in [-0.39, 0.29) is 23.9 Å². The Morgan fingerprint density at radius 2 is 1.57 bits per heavy atom. The molecule has 10 nitrogen and oxygen atoms in total. The van der Waals surface area contributed by atoms with Crippen LogP contribution in [0.2, 0.25) is 0 Å². The minimum absolute atomic E-state index is 0.0250. The van der Waals surface area contributed by atoms with Crippen LogP contribution in [0, 0.1) is 12.8 Å². The summed E-state index contributed by atoms with van der Waals surface area (Å²) < 4.78 is 47.6. The highest BCUT2D eigenvalue weighted by molar-refractivity contribution is 7.92. The molecule has 0 spiro atoms. The molecule has 0 aliphatic carbocycles. The molecule has 0 bridgehead atoms. The van der Waals surface area contributed by atoms with Crippen molar-refractivity contribution in [1.82, 2.24) is 4.37 Å². The summed E-state index contributed by atoms with van der Waals surface area (Å²) in [5, 5.41) is 3.17. The summed E-state index contributed by atoms with van der Waals surface area (Å²) >= 11 is 1.19. The lowest BCUT2D eigenvalue weighted by molar-refractivity contribution is -0.162. The van der Waals surface area contributed by atoms with Crippen molar-refractivity contribution < 1.29 is 32.2 Å². The Balaban J connectivity index is 1.93. The van der Waals surface area contributed by atoms with Gasteiger partial charge in [0.15, 0.2) is 11.7 Å². The van der Waals surface area contributed by atoms with Crippen molar-refractivity contribution >= 4 is 45.0 Å². The number of carbonyl (C=O) groups excluding carboxylic acids is 2. The van der Waals surface area contributed by atoms with Gasteiger partial charge in [-0.2, -0.15) is 4.37 Å². The number of esters is 2. The monoisotopic (exact) mass is 547 g/mol. The van der Waals surface area contributed by atoms with Crippen LogP contribution in [0.25, 0.3) is 0 Å². The molecular formula is C25H29N3O7S2. The van der Waals surface area contributed by atoms with Gasteiger partial charge in [0, 0.05) is 10.6 Å². The molecule has 0 aliphatic rings. The Hall–Kier alpha value is -3.64. The standard InChI is InChI=1S/C25H29N3O7S2/c1-5-34-24(29)22(25(30)35-6-2)23(17-7-11-19(33-4)12-8-17)26-18-9-13-20(14-10-18)37(31,32)28-21-15-16(3)36-27-21/h7-15,22-23,26H,5-6H2,1-4H3,(H,27,28)/t23-/m1/s1. The van der Waals surface area contributed by atoms with E-state index in [1.165, 1.54) is 30.8 Å². The van der Waals surface area contributed by atoms with E-state index in [9.17, 15) is 18.0 Å². The molecule has 12 heteroatoms. The normalized spacial score (nSPS) is 12.0. The molecule has 1 atom stereocenters. The number of methoxy groups -OCH3 is 1. The van der Waals surface area contributed by atoms with E-state index >= 15 is 0 Å². The number of aromatic nitrogens is 1. The molecule has 2 N–H and O–H groups in total. The number of ether oxygens (including phenoxy) is 3. The van der Waals surface area contributed by atoms with E-state index < -0.39 is 33.9 Å². The molecular weight excluding hydrogens is 518 g/mol. The van der Waals surface area contributed by atoms with Crippen molar-refractivity contribution in [2.75, 3.05) is 30.4 Å². The van der Waals surface area contributed by atoms with Crippen LogP contribution in [-0.2, 0) is 29.1 Å². The van der Waals surface area contributed by atoms with Crippen molar-refractivity contribution in [3.05, 3.63) is 65.0 Å². The van der Waals surface area contributed by atoms with Crippen LogP contribution in [0.5, 0.6) is 5.75 Å². The van der Waals surface area contributed by atoms with Crippen LogP contribution in [-0.4, -0.2) is 45.1 Å². The number of rotatable bonds is 12. The summed E-state index contributed by atoms with van der Waals surface area (Å²) in [4.78, 5) is 26.6. The molecule has 0 fully saturated rings. The number of nitrogens with zero attached hydrogens (tertiary/aromatic N) is 1. The summed E-state index contributed by atoms with van der Waals surface area (Å²) in [5.74, 6) is -1.95. The number of sulfonamides is 1. The van der Waals surface area contributed by atoms with Gasteiger partial charge in [-0.15, -0.1) is 0 Å². The third-order valence-electron chi connectivity index (χ3n) is 5.24. The van der Waals surface area contributed by atoms with E-state index in [0.717, 1.165) is 4.88 Å². The predicted octanol–water partition coefficient (Wildman–Crippen LogP) is 4.16. The number of aryl methyl sites for hydroxylation is 1. The maximum atomic E-state index is 12.9. The van der Waals surface area contributed by atoms with Gasteiger partial charge in [0.05, 0.1) is 31.3 Å². The van der Waals surface area contributed by atoms with Crippen LogP contribution in [0.3, 0.4) is 0 Å². The Morgan fingerprint density at radius 3 is 2.05 bits per heavy atom. The fourth-order valence-electron chi connectivity index (χ4n) is 3.52. The van der Waals surface area contributed by atoms with Crippen molar-refractivity contribution in [1.29, 1.82) is 0 Å². The third kappa shape index (κ3) is 7.20. The zero-order valence-electron chi connectivity index (χ0n) is 20.9. The van der Waals surface area contributed by atoms with E-state index in [1.807, 2.05) is 6.92 Å². The van der Waals surface area contributed by atoms with Gasteiger partial charge in [-0.1, -0.05) is 12.1 Å². The first-order valence-electron chi connectivity index (χ1n) is 11.5. The van der Waals surface area contributed by atoms with Crippen molar-refractivity contribution in [3.63, 3.8) is 0 Å². The summed E-state index contributed by atoms with van der Waals surface area (Å²) in [6.45, 7) is 5.30. The largest absolute Gasteiger partial charge is 0.497 e. The summed E-state index contributed by atoms with van der Waals surface area (Å²) in [6, 6.07) is 13.6. The Labute approximate surface area is 220 Å². The average molecular weight is 548 g/mol. The van der Waals surface area contributed by atoms with Crippen LogP contribution >= 0.6 is 11.5 Å². The van der Waals surface area contributed by atoms with E-state index in [2.05, 4.69) is 14.4 Å². The van der Waals surface area contributed by atoms with Gasteiger partial charge in [-0.05, 0) is 80.3 Å². The highest BCUT2D eigenvalue weighted by atomic mass is 32.2. The highest BCUT2D eigenvalue weighted by Gasteiger charge is 2.38. The number of anilines is 2. The topological polar surface area (TPSA) is 133 Å². The van der Waals surface area contributed by atoms with E-state index in [1.54, 1.807) is 56.3 Å². The van der Waals surface area contributed by atoms with Gasteiger partial charge in [0.1, 0.15) is 5.75 Å². The molecule has 2 aromatic carbocycles. The molecule has 37 heavy (non-hydrogen) atoms. The fraction of sp³-hybridized carbons (Fsp3) is 0.320. The average Bonchev–Trinajstić information content (AvgIpc) is 3.28. The molecule has 3 rings (SSSR count). The van der Waals surface area contributed by atoms with Gasteiger partial charge in [-0.3, -0.25) is 14.3 Å². The first-order valence-corrected chi connectivity index (χ1v) is 13.7. The third-order valence-corrected chi connectivity index (χ3v) is 7.31. The molecule has 1 heterocycles. The fourth-order valence-corrected chi connectivity index (χ4v) is 5.08. The van der Waals surface area contributed by atoms with Crippen LogP contribution < -0.4 is 14.8 Å². The van der Waals surface area contributed by atoms with Gasteiger partial charge >= 0.3 is 11.9 Å². The Morgan fingerprint density at radius 1 is 0.973 bits per heavy atom. The van der Waals surface area contributed by atoms with Gasteiger partial charge < -0.3 is 19.5 Å². The van der Waals surface area contributed by atoms with E-state index in [4.69, 9.17) is 14.2 Å². The molecule has 0 unspecified atom stereocenters. The second-order valence-electron chi connectivity index (χ2n) is 7.83. The van der Waals surface area contributed by atoms with Gasteiger partial charge in [0.25, 0.3) is 10.0 Å². The molecule has 0 radical (unpaired) electrons. The molecule has 0 aliphatic heterocycles. The minimum atomic E-state index is -3.86. The van der Waals surface area contributed by atoms with Gasteiger partial charge in [0.2, 0.25) is 0 Å². The zero-order chi connectivity index (χ0) is 27.0. The second kappa shape index (κ2) is 12.5. The van der Waals surface area contributed by atoms with Crippen molar-refractivity contribution in [3.8, 4) is 5.75 Å². The Kier molecular flexibility index (Phi) is 9.48. The predicted molar refractivity (Wildman–Crippen MR) is 140 cm³/mol. The number of hydrogen-bond acceptors (Lipinski definition) is 10. The minimum Gasteiger partial charge on any atom is -0.497 e. The number of nitrogens with one attached hydrogen (secondary N) is 2. The lowest BCUT2D eigenvalue weighted by atomic mass is 9.92. The Bertz CT molecular complexity index is 1290. The molecule has 0 saturated carbocycles. The lowest BCUT2D eigenvalue weighted by Gasteiger charge is -2.27. The quantitative estimate of drug-likeness (QED) is 0.253. The molecule has 198 valence electrons. The summed E-state index contributed by atoms with van der Waals surface area (Å²) in [5.41, 5.74) is 1.08. The lowest BCUT2D eigenvalue weighted by Crippen LogP contribution is -2.36. The second-order valence-corrected chi connectivity index (χ2v) is 10.5. The molecule has 3 aromatic rings. The molecule has 0 amide bonds. The van der Waals surface area contributed by atoms with Crippen molar-refractivity contribution in [2.24, 2.45) is 5.92 Å². The maximum Gasteiger partial charge on any atom is 0.322 e. The highest BCUT2D eigenvalue weighted by Crippen LogP contribution is 2.31. The van der Waals surface area contributed by atoms with Gasteiger partial charge in [-0.25, -0.2) is 8.42 Å². The first kappa shape index (κ1) is 27.9. The molecule has 0 saturated heterocycles. The number of carbonyl (C=O) groups is 2. The summed E-state index contributed by atoms with van der Waals surface area (Å²) in [7, 11) is -2.33. The molecule has 1 aromatic heterocycles. The van der Waals surface area contributed by atoms with Crippen LogP contribution in [0.4, 0.5) is 11.5 Å². The maximum absolute atomic E-state index is 12.9. The smallest absolute Gasteiger partial charge is 0.322 e. The summed E-state index contributed by atoms with van der Waals surface area (Å²) in [6.07, 6.45) is 0. The zero-order valence-corrected chi connectivity index (χ0v) is 22.5. The van der Waals surface area contributed by atoms with Crippen molar-refractivity contribution in [2.45, 2.75) is 31.7 Å². The SMILES string of the molecule is CCOC(=O)C(C(=O)OCC)[C@H](Nc1ccc(S(=O)(=O)Nc2cc(C)sn2)cc1)c1ccc(OC)cc1. The van der Waals surface area contributed by atoms with Crippen LogP contribution in [0.1, 0.15) is 30.3 Å². The van der Waals surface area contributed by atoms with Crippen LogP contribution in [0.15, 0.2) is 59.5 Å². The first-order chi connectivity index (χ1) is 17.7.